The molecular formula is C6H2FN7O. The lowest BCUT2D eigenvalue weighted by Gasteiger charge is -1.96. The highest BCUT2D eigenvalue weighted by Crippen LogP contribution is 1.97. The van der Waals surface area contributed by atoms with E-state index < -0.39 is 17.9 Å². The molecular weight excluding hydrogens is 205 g/mol. The molecule has 0 aliphatic rings. The maximum Gasteiger partial charge on any atom is 0.374 e. The molecule has 0 aliphatic heterocycles. The summed E-state index contributed by atoms with van der Waals surface area (Å²) in [6.45, 7) is 0. The van der Waals surface area contributed by atoms with Gasteiger partial charge < -0.3 is 0 Å². The number of aromatic nitrogens is 6. The number of halogens is 1. The van der Waals surface area contributed by atoms with E-state index in [0.717, 1.165) is 17.3 Å². The van der Waals surface area contributed by atoms with Gasteiger partial charge in [0.1, 0.15) is 18.7 Å². The molecule has 0 fully saturated rings. The second-order valence-electron chi connectivity index (χ2n) is 2.35. The summed E-state index contributed by atoms with van der Waals surface area (Å²) in [5.41, 5.74) is 0. The third kappa shape index (κ3) is 1.44. The van der Waals surface area contributed by atoms with Gasteiger partial charge in [-0.2, -0.15) is 24.4 Å². The predicted octanol–water partition coefficient (Wildman–Crippen LogP) is -0.603. The lowest BCUT2D eigenvalue weighted by Crippen LogP contribution is -2.22. The van der Waals surface area contributed by atoms with Crippen molar-refractivity contribution in [2.75, 3.05) is 0 Å². The molecule has 74 valence electrons. The van der Waals surface area contributed by atoms with Crippen molar-refractivity contribution in [3.8, 4) is 6.07 Å². The first kappa shape index (κ1) is 8.95. The number of carbonyl (C=O) groups excluding carboxylic acids is 1. The van der Waals surface area contributed by atoms with E-state index in [1.807, 2.05) is 0 Å². The highest BCUT2D eigenvalue weighted by atomic mass is 19.1. The number of nitriles is 1. The molecule has 2 heterocycles. The monoisotopic (exact) mass is 207 g/mol. The minimum Gasteiger partial charge on any atom is -0.243 e. The van der Waals surface area contributed by atoms with Crippen LogP contribution in [0.4, 0.5) is 9.18 Å². The molecule has 0 unspecified atom stereocenters. The van der Waals surface area contributed by atoms with Crippen LogP contribution in [0, 0.1) is 17.4 Å². The van der Waals surface area contributed by atoms with Crippen molar-refractivity contribution in [3.63, 3.8) is 0 Å². The normalized spacial score (nSPS) is 9.87. The maximum atomic E-state index is 13.0. The molecule has 9 heteroatoms. The molecule has 0 aromatic carbocycles. The summed E-state index contributed by atoms with van der Waals surface area (Å²) < 4.78 is 14.1. The topological polar surface area (TPSA) is 102 Å². The number of rotatable bonds is 0. The smallest absolute Gasteiger partial charge is 0.243 e. The van der Waals surface area contributed by atoms with Gasteiger partial charge in [0, 0.05) is 0 Å². The second kappa shape index (κ2) is 3.26. The fraction of sp³-hybridized carbons (Fsp3) is 0. The van der Waals surface area contributed by atoms with E-state index in [-0.39, 0.29) is 0 Å². The van der Waals surface area contributed by atoms with Crippen molar-refractivity contribution >= 4 is 6.03 Å². The van der Waals surface area contributed by atoms with Gasteiger partial charge in [0.15, 0.2) is 0 Å². The van der Waals surface area contributed by atoms with E-state index in [0.29, 0.717) is 4.68 Å². The van der Waals surface area contributed by atoms with Crippen LogP contribution in [-0.4, -0.2) is 35.6 Å². The maximum absolute atomic E-state index is 13.0. The van der Waals surface area contributed by atoms with Crippen LogP contribution in [0.1, 0.15) is 5.82 Å². The zero-order valence-corrected chi connectivity index (χ0v) is 7.07. The first-order chi connectivity index (χ1) is 7.22. The number of hydrogen-bond donors (Lipinski definition) is 0. The lowest BCUT2D eigenvalue weighted by atomic mass is 10.7. The quantitative estimate of drug-likeness (QED) is 0.571. The van der Waals surface area contributed by atoms with E-state index in [2.05, 4.69) is 20.2 Å². The van der Waals surface area contributed by atoms with Crippen molar-refractivity contribution in [2.45, 2.75) is 0 Å². The van der Waals surface area contributed by atoms with Crippen molar-refractivity contribution in [1.82, 2.24) is 29.5 Å². The van der Waals surface area contributed by atoms with Gasteiger partial charge in [0.25, 0.3) is 5.82 Å². The Morgan fingerprint density at radius 1 is 1.60 bits per heavy atom. The Morgan fingerprint density at radius 3 is 2.93 bits per heavy atom. The SMILES string of the molecule is N#Cc1nc(F)n(C(=O)n2cncn2)n1. The molecule has 2 rings (SSSR count). The summed E-state index contributed by atoms with van der Waals surface area (Å²) in [4.78, 5) is 18.0. The van der Waals surface area contributed by atoms with Crippen molar-refractivity contribution < 1.29 is 9.18 Å². The molecule has 0 aliphatic carbocycles. The average molecular weight is 207 g/mol. The van der Waals surface area contributed by atoms with Crippen LogP contribution in [0.5, 0.6) is 0 Å². The van der Waals surface area contributed by atoms with Gasteiger partial charge in [0.05, 0.1) is 0 Å². The summed E-state index contributed by atoms with van der Waals surface area (Å²) in [6.07, 6.45) is 1.01. The molecule has 0 saturated carbocycles. The Kier molecular flexibility index (Phi) is 1.94. The molecule has 0 N–H and O–H groups in total. The van der Waals surface area contributed by atoms with Crippen molar-refractivity contribution in [1.29, 1.82) is 5.26 Å². The van der Waals surface area contributed by atoms with Gasteiger partial charge in [-0.3, -0.25) is 0 Å². The summed E-state index contributed by atoms with van der Waals surface area (Å²) in [5.74, 6) is -0.430. The van der Waals surface area contributed by atoms with Crippen LogP contribution >= 0.6 is 0 Å². The molecule has 0 bridgehead atoms. The Balaban J connectivity index is 2.43. The summed E-state index contributed by atoms with van der Waals surface area (Å²) in [5, 5.41) is 15.2. The highest BCUT2D eigenvalue weighted by molar-refractivity contribution is 5.76. The van der Waals surface area contributed by atoms with E-state index in [1.165, 1.54) is 6.07 Å². The number of nitrogens with zero attached hydrogens (tertiary/aromatic N) is 7. The molecule has 0 radical (unpaired) electrons. The van der Waals surface area contributed by atoms with Crippen LogP contribution in [0.15, 0.2) is 12.7 Å². The average Bonchev–Trinajstić information content (AvgIpc) is 2.85. The molecule has 8 nitrogen and oxygen atoms in total. The van der Waals surface area contributed by atoms with Crippen molar-refractivity contribution in [2.24, 2.45) is 0 Å². The third-order valence-electron chi connectivity index (χ3n) is 1.46. The molecule has 2 aromatic heterocycles. The van der Waals surface area contributed by atoms with E-state index in [9.17, 15) is 9.18 Å². The van der Waals surface area contributed by atoms with Gasteiger partial charge >= 0.3 is 12.1 Å². The third-order valence-corrected chi connectivity index (χ3v) is 1.46. The number of hydrogen-bond acceptors (Lipinski definition) is 6. The summed E-state index contributed by atoms with van der Waals surface area (Å²) >= 11 is 0. The summed E-state index contributed by atoms with van der Waals surface area (Å²) in [7, 11) is 0. The van der Waals surface area contributed by atoms with Crippen molar-refractivity contribution in [3.05, 3.63) is 24.6 Å². The molecule has 15 heavy (non-hydrogen) atoms. The predicted molar refractivity (Wildman–Crippen MR) is 40.9 cm³/mol. The van der Waals surface area contributed by atoms with Gasteiger partial charge in [-0.05, 0) is 0 Å². The van der Waals surface area contributed by atoms with Gasteiger partial charge in [0.2, 0.25) is 0 Å². The highest BCUT2D eigenvalue weighted by Gasteiger charge is 2.17. The number of carbonyl (C=O) groups is 1. The molecule has 0 spiro atoms. The largest absolute Gasteiger partial charge is 0.374 e. The zero-order valence-electron chi connectivity index (χ0n) is 7.07. The fourth-order valence-corrected chi connectivity index (χ4v) is 0.866. The van der Waals surface area contributed by atoms with Gasteiger partial charge in [-0.25, -0.2) is 9.78 Å². The lowest BCUT2D eigenvalue weighted by molar-refractivity contribution is 0.233. The first-order valence-corrected chi connectivity index (χ1v) is 3.64. The van der Waals surface area contributed by atoms with Gasteiger partial charge in [-0.1, -0.05) is 0 Å². The Labute approximate surface area is 81.6 Å². The van der Waals surface area contributed by atoms with Gasteiger partial charge in [-0.15, -0.1) is 9.78 Å². The molecule has 0 saturated heterocycles. The van der Waals surface area contributed by atoms with Crippen LogP contribution in [-0.2, 0) is 0 Å². The van der Waals surface area contributed by atoms with Crippen LogP contribution in [0.3, 0.4) is 0 Å². The van der Waals surface area contributed by atoms with Crippen LogP contribution in [0.25, 0.3) is 0 Å². The second-order valence-corrected chi connectivity index (χ2v) is 2.35. The van der Waals surface area contributed by atoms with E-state index >= 15 is 0 Å². The molecule has 0 atom stereocenters. The standard InChI is InChI=1S/C6H2FN7O/c7-5-11-4(1-8)12-14(5)6(15)13-3-9-2-10-13/h2-3H. The minimum absolute atomic E-state index is 0.327. The minimum atomic E-state index is -1.17. The Hall–Kier alpha value is -2.63. The van der Waals surface area contributed by atoms with E-state index in [4.69, 9.17) is 5.26 Å². The van der Waals surface area contributed by atoms with E-state index in [1.54, 1.807) is 0 Å². The van der Waals surface area contributed by atoms with Crippen LogP contribution < -0.4 is 0 Å². The molecule has 0 amide bonds. The zero-order chi connectivity index (χ0) is 10.8. The fourth-order valence-electron chi connectivity index (χ4n) is 0.866. The Morgan fingerprint density at radius 2 is 2.40 bits per heavy atom. The summed E-state index contributed by atoms with van der Waals surface area (Å²) in [6, 6.07) is 0.604. The Bertz CT molecular complexity index is 536. The van der Waals surface area contributed by atoms with Crippen LogP contribution in [0.2, 0.25) is 0 Å². The molecule has 2 aromatic rings. The first-order valence-electron chi connectivity index (χ1n) is 3.64.